The van der Waals surface area contributed by atoms with Crippen LogP contribution >= 0.6 is 0 Å². The van der Waals surface area contributed by atoms with Crippen LogP contribution in [0.25, 0.3) is 0 Å². The van der Waals surface area contributed by atoms with Crippen LogP contribution in [0.2, 0.25) is 0 Å². The maximum absolute atomic E-state index is 12.3. The maximum Gasteiger partial charge on any atom is 0.245 e. The number of ether oxygens (including phenoxy) is 1. The zero-order chi connectivity index (χ0) is 14.7. The molecule has 1 aliphatic rings. The second kappa shape index (κ2) is 5.94. The number of methoxy groups -OCH3 is 1. The van der Waals surface area contributed by atoms with Gasteiger partial charge in [-0.3, -0.25) is 9.59 Å². The molecule has 108 valence electrons. The Morgan fingerprint density at radius 1 is 1.40 bits per heavy atom. The van der Waals surface area contributed by atoms with Crippen LogP contribution in [0.3, 0.4) is 0 Å². The standard InChI is InChI=1S/C15H20N2O3/c1-4-12-15(19)17(9-14(18)16-12)8-11-7-10(2)5-6-13(11)20-3/h5-7,12H,4,8-9H2,1-3H3,(H,16,18). The molecule has 5 nitrogen and oxygen atoms in total. The highest BCUT2D eigenvalue weighted by molar-refractivity contribution is 5.94. The van der Waals surface area contributed by atoms with Gasteiger partial charge in [-0.2, -0.15) is 0 Å². The summed E-state index contributed by atoms with van der Waals surface area (Å²) in [6.07, 6.45) is 0.603. The summed E-state index contributed by atoms with van der Waals surface area (Å²) in [6, 6.07) is 5.42. The van der Waals surface area contributed by atoms with Crippen molar-refractivity contribution in [3.63, 3.8) is 0 Å². The van der Waals surface area contributed by atoms with Gasteiger partial charge in [0.15, 0.2) is 0 Å². The van der Waals surface area contributed by atoms with Crippen molar-refractivity contribution in [2.24, 2.45) is 0 Å². The molecule has 1 aromatic rings. The van der Waals surface area contributed by atoms with Crippen molar-refractivity contribution in [1.29, 1.82) is 0 Å². The fourth-order valence-corrected chi connectivity index (χ4v) is 2.42. The van der Waals surface area contributed by atoms with Gasteiger partial charge in [0.25, 0.3) is 0 Å². The molecule has 2 amide bonds. The lowest BCUT2D eigenvalue weighted by atomic mass is 10.1. The van der Waals surface area contributed by atoms with Gasteiger partial charge in [0.05, 0.1) is 13.7 Å². The monoisotopic (exact) mass is 276 g/mol. The van der Waals surface area contributed by atoms with Crippen molar-refractivity contribution in [3.8, 4) is 5.75 Å². The fourth-order valence-electron chi connectivity index (χ4n) is 2.42. The van der Waals surface area contributed by atoms with Gasteiger partial charge in [0, 0.05) is 12.1 Å². The zero-order valence-electron chi connectivity index (χ0n) is 12.1. The Kier molecular flexibility index (Phi) is 4.27. The normalized spacial score (nSPS) is 18.9. The first-order valence-electron chi connectivity index (χ1n) is 6.76. The Morgan fingerprint density at radius 3 is 2.80 bits per heavy atom. The minimum absolute atomic E-state index is 0.0318. The minimum Gasteiger partial charge on any atom is -0.496 e. The number of benzene rings is 1. The minimum atomic E-state index is -0.410. The van der Waals surface area contributed by atoms with E-state index in [4.69, 9.17) is 4.74 Å². The van der Waals surface area contributed by atoms with Gasteiger partial charge < -0.3 is 15.0 Å². The van der Waals surface area contributed by atoms with E-state index in [-0.39, 0.29) is 18.4 Å². The summed E-state index contributed by atoms with van der Waals surface area (Å²) in [6.45, 7) is 4.38. The number of hydrogen-bond acceptors (Lipinski definition) is 3. The first-order chi connectivity index (χ1) is 9.55. The van der Waals surface area contributed by atoms with Crippen molar-refractivity contribution >= 4 is 11.8 Å². The van der Waals surface area contributed by atoms with Crippen LogP contribution < -0.4 is 10.1 Å². The predicted molar refractivity (Wildman–Crippen MR) is 75.4 cm³/mol. The molecule has 1 saturated heterocycles. The maximum atomic E-state index is 12.3. The average molecular weight is 276 g/mol. The van der Waals surface area contributed by atoms with Crippen LogP contribution in [0.1, 0.15) is 24.5 Å². The molecule has 1 aromatic carbocycles. The molecule has 0 aliphatic carbocycles. The van der Waals surface area contributed by atoms with Crippen LogP contribution in [0.5, 0.6) is 5.75 Å². The van der Waals surface area contributed by atoms with Crippen molar-refractivity contribution in [2.45, 2.75) is 32.9 Å². The molecule has 5 heteroatoms. The molecule has 0 spiro atoms. The van der Waals surface area contributed by atoms with Gasteiger partial charge in [-0.25, -0.2) is 0 Å². The quantitative estimate of drug-likeness (QED) is 0.900. The number of carbonyl (C=O) groups excluding carboxylic acids is 2. The van der Waals surface area contributed by atoms with Gasteiger partial charge in [-0.1, -0.05) is 24.6 Å². The topological polar surface area (TPSA) is 58.6 Å². The molecule has 1 N–H and O–H groups in total. The Bertz CT molecular complexity index is 528. The Labute approximate surface area is 118 Å². The van der Waals surface area contributed by atoms with E-state index < -0.39 is 6.04 Å². The second-order valence-electron chi connectivity index (χ2n) is 5.04. The molecule has 1 heterocycles. The molecule has 1 fully saturated rings. The number of carbonyl (C=O) groups is 2. The molecular formula is C15H20N2O3. The van der Waals surface area contributed by atoms with Gasteiger partial charge >= 0.3 is 0 Å². The summed E-state index contributed by atoms with van der Waals surface area (Å²) in [5.74, 6) is 0.598. The van der Waals surface area contributed by atoms with Crippen LogP contribution in [-0.4, -0.2) is 36.4 Å². The molecule has 1 unspecified atom stereocenters. The van der Waals surface area contributed by atoms with Gasteiger partial charge in [0.2, 0.25) is 11.8 Å². The Balaban J connectivity index is 2.22. The number of amides is 2. The highest BCUT2D eigenvalue weighted by Crippen LogP contribution is 2.22. The third kappa shape index (κ3) is 2.92. The number of nitrogens with zero attached hydrogens (tertiary/aromatic N) is 1. The van der Waals surface area contributed by atoms with Crippen LogP contribution in [-0.2, 0) is 16.1 Å². The van der Waals surface area contributed by atoms with E-state index in [2.05, 4.69) is 5.32 Å². The Hall–Kier alpha value is -2.04. The summed E-state index contributed by atoms with van der Waals surface area (Å²) in [5.41, 5.74) is 2.02. The third-order valence-corrected chi connectivity index (χ3v) is 3.48. The fraction of sp³-hybridized carbons (Fsp3) is 0.467. The summed E-state index contributed by atoms with van der Waals surface area (Å²) in [5, 5.41) is 2.71. The highest BCUT2D eigenvalue weighted by Gasteiger charge is 2.31. The lowest BCUT2D eigenvalue weighted by molar-refractivity contribution is -0.144. The van der Waals surface area contributed by atoms with Crippen LogP contribution in [0, 0.1) is 6.92 Å². The van der Waals surface area contributed by atoms with Crippen molar-refractivity contribution in [1.82, 2.24) is 10.2 Å². The molecule has 0 saturated carbocycles. The molecule has 0 radical (unpaired) electrons. The highest BCUT2D eigenvalue weighted by atomic mass is 16.5. The zero-order valence-corrected chi connectivity index (χ0v) is 12.1. The molecule has 2 rings (SSSR count). The molecular weight excluding hydrogens is 256 g/mol. The molecule has 20 heavy (non-hydrogen) atoms. The van der Waals surface area contributed by atoms with E-state index in [1.807, 2.05) is 32.0 Å². The van der Waals surface area contributed by atoms with Crippen LogP contribution in [0.15, 0.2) is 18.2 Å². The summed E-state index contributed by atoms with van der Waals surface area (Å²) >= 11 is 0. The van der Waals surface area contributed by atoms with E-state index in [0.717, 1.165) is 16.9 Å². The molecule has 1 aliphatic heterocycles. The van der Waals surface area contributed by atoms with Crippen molar-refractivity contribution < 1.29 is 14.3 Å². The number of nitrogens with one attached hydrogen (secondary N) is 1. The van der Waals surface area contributed by atoms with E-state index in [1.165, 1.54) is 0 Å². The average Bonchev–Trinajstić information content (AvgIpc) is 2.42. The SMILES string of the molecule is CCC1NC(=O)CN(Cc2cc(C)ccc2OC)C1=O. The third-order valence-electron chi connectivity index (χ3n) is 3.48. The lowest BCUT2D eigenvalue weighted by Gasteiger charge is -2.32. The van der Waals surface area contributed by atoms with E-state index in [1.54, 1.807) is 12.0 Å². The van der Waals surface area contributed by atoms with E-state index >= 15 is 0 Å². The van der Waals surface area contributed by atoms with Crippen LogP contribution in [0.4, 0.5) is 0 Å². The molecule has 0 aromatic heterocycles. The Morgan fingerprint density at radius 2 is 2.15 bits per heavy atom. The second-order valence-corrected chi connectivity index (χ2v) is 5.04. The van der Waals surface area contributed by atoms with E-state index in [9.17, 15) is 9.59 Å². The molecule has 0 bridgehead atoms. The largest absolute Gasteiger partial charge is 0.496 e. The lowest BCUT2D eigenvalue weighted by Crippen LogP contribution is -2.57. The summed E-state index contributed by atoms with van der Waals surface area (Å²) in [7, 11) is 1.60. The number of rotatable bonds is 4. The van der Waals surface area contributed by atoms with Gasteiger partial charge in [-0.05, 0) is 19.4 Å². The number of piperazine rings is 1. The summed E-state index contributed by atoms with van der Waals surface area (Å²) in [4.78, 5) is 25.5. The first-order valence-corrected chi connectivity index (χ1v) is 6.76. The van der Waals surface area contributed by atoms with Gasteiger partial charge in [0.1, 0.15) is 11.8 Å². The smallest absolute Gasteiger partial charge is 0.245 e. The van der Waals surface area contributed by atoms with Crippen molar-refractivity contribution in [3.05, 3.63) is 29.3 Å². The van der Waals surface area contributed by atoms with E-state index in [0.29, 0.717) is 13.0 Å². The molecule has 1 atom stereocenters. The first kappa shape index (κ1) is 14.4. The summed E-state index contributed by atoms with van der Waals surface area (Å²) < 4.78 is 5.32. The number of hydrogen-bond donors (Lipinski definition) is 1. The van der Waals surface area contributed by atoms with Gasteiger partial charge in [-0.15, -0.1) is 0 Å². The predicted octanol–water partition coefficient (Wildman–Crippen LogP) is 1.24. The number of aryl methyl sites for hydroxylation is 1. The van der Waals surface area contributed by atoms with Crippen molar-refractivity contribution in [2.75, 3.05) is 13.7 Å².